The van der Waals surface area contributed by atoms with Crippen LogP contribution in [0.3, 0.4) is 0 Å². The molecule has 0 radical (unpaired) electrons. The van der Waals surface area contributed by atoms with Crippen molar-refractivity contribution in [2.24, 2.45) is 0 Å². The molecule has 0 saturated heterocycles. The van der Waals surface area contributed by atoms with E-state index in [2.05, 4.69) is 20.8 Å². The smallest absolute Gasteiger partial charge is 0.338 e. The highest BCUT2D eigenvalue weighted by Gasteiger charge is 2.20. The number of rotatable bonds is 4. The summed E-state index contributed by atoms with van der Waals surface area (Å²) >= 11 is 1.22. The summed E-state index contributed by atoms with van der Waals surface area (Å²) in [7, 11) is 0. The van der Waals surface area contributed by atoms with Gasteiger partial charge in [0, 0.05) is 11.8 Å². The zero-order valence-corrected chi connectivity index (χ0v) is 12.5. The number of anilines is 1. The first kappa shape index (κ1) is 15.0. The van der Waals surface area contributed by atoms with E-state index < -0.39 is 12.0 Å². The van der Waals surface area contributed by atoms with Gasteiger partial charge in [-0.15, -0.1) is 11.3 Å². The molecule has 0 spiro atoms. The average Bonchev–Trinajstić information content (AvgIpc) is 2.92. The van der Waals surface area contributed by atoms with E-state index >= 15 is 0 Å². The largest absolute Gasteiger partial charge is 0.478 e. The Morgan fingerprint density at radius 2 is 2.05 bits per heavy atom. The second-order valence-corrected chi connectivity index (χ2v) is 5.55. The van der Waals surface area contributed by atoms with Crippen molar-refractivity contribution in [3.63, 3.8) is 0 Å². The molecular weight excluding hydrogens is 296 g/mol. The van der Waals surface area contributed by atoms with Gasteiger partial charge >= 0.3 is 12.0 Å². The standard InChI is InChI=1S/C12H14N4O4S/c1-5-6(2)21-10(9(5)11(17)18)15-12(19)13-4-8-14-7(3)20-16-8/h4H2,1-3H3,(H,17,18)(H2,13,15,19). The minimum atomic E-state index is -1.07. The molecule has 112 valence electrons. The summed E-state index contributed by atoms with van der Waals surface area (Å²) in [4.78, 5) is 27.8. The van der Waals surface area contributed by atoms with E-state index in [0.29, 0.717) is 22.3 Å². The molecule has 2 aromatic heterocycles. The lowest BCUT2D eigenvalue weighted by Gasteiger charge is -2.05. The minimum Gasteiger partial charge on any atom is -0.478 e. The Labute approximate surface area is 124 Å². The molecule has 0 unspecified atom stereocenters. The molecule has 0 aliphatic heterocycles. The molecule has 0 fully saturated rings. The maximum absolute atomic E-state index is 11.8. The van der Waals surface area contributed by atoms with E-state index in [0.717, 1.165) is 4.88 Å². The van der Waals surface area contributed by atoms with Crippen LogP contribution >= 0.6 is 11.3 Å². The molecular formula is C12H14N4O4S. The Hall–Kier alpha value is -2.42. The number of carbonyl (C=O) groups is 2. The van der Waals surface area contributed by atoms with Gasteiger partial charge in [-0.1, -0.05) is 5.16 Å². The van der Waals surface area contributed by atoms with Crippen molar-refractivity contribution in [1.82, 2.24) is 15.5 Å². The first-order chi connectivity index (χ1) is 9.88. The van der Waals surface area contributed by atoms with Gasteiger partial charge in [0.25, 0.3) is 0 Å². The number of carbonyl (C=O) groups excluding carboxylic acids is 1. The van der Waals surface area contributed by atoms with Crippen LogP contribution in [0.4, 0.5) is 9.80 Å². The van der Waals surface area contributed by atoms with Crippen LogP contribution in [0.5, 0.6) is 0 Å². The third-order valence-electron chi connectivity index (χ3n) is 2.80. The predicted octanol–water partition coefficient (Wildman–Crippen LogP) is 2.08. The van der Waals surface area contributed by atoms with Crippen molar-refractivity contribution in [2.75, 3.05) is 5.32 Å². The maximum atomic E-state index is 11.8. The van der Waals surface area contributed by atoms with Gasteiger partial charge in [-0.3, -0.25) is 5.32 Å². The average molecular weight is 310 g/mol. The molecule has 0 saturated carbocycles. The van der Waals surface area contributed by atoms with Gasteiger partial charge in [-0.25, -0.2) is 9.59 Å². The zero-order chi connectivity index (χ0) is 15.6. The fourth-order valence-corrected chi connectivity index (χ4v) is 2.74. The van der Waals surface area contributed by atoms with Gasteiger partial charge in [0.1, 0.15) is 5.00 Å². The third-order valence-corrected chi connectivity index (χ3v) is 3.93. The lowest BCUT2D eigenvalue weighted by atomic mass is 10.1. The first-order valence-electron chi connectivity index (χ1n) is 6.05. The number of amides is 2. The highest BCUT2D eigenvalue weighted by molar-refractivity contribution is 7.16. The fraction of sp³-hybridized carbons (Fsp3) is 0.333. The lowest BCUT2D eigenvalue weighted by molar-refractivity contribution is 0.0697. The summed E-state index contributed by atoms with van der Waals surface area (Å²) in [5.74, 6) is -0.314. The molecule has 0 aromatic carbocycles. The number of hydrogen-bond acceptors (Lipinski definition) is 6. The Kier molecular flexibility index (Phi) is 4.22. The molecule has 0 aliphatic carbocycles. The van der Waals surface area contributed by atoms with Gasteiger partial charge < -0.3 is 14.9 Å². The summed E-state index contributed by atoms with van der Waals surface area (Å²) in [5, 5.41) is 18.2. The van der Waals surface area contributed by atoms with Crippen LogP contribution in [-0.4, -0.2) is 27.2 Å². The fourth-order valence-electron chi connectivity index (χ4n) is 1.69. The van der Waals surface area contributed by atoms with E-state index in [1.165, 1.54) is 11.3 Å². The van der Waals surface area contributed by atoms with Gasteiger partial charge in [0.2, 0.25) is 5.89 Å². The normalized spacial score (nSPS) is 10.4. The van der Waals surface area contributed by atoms with E-state index in [-0.39, 0.29) is 12.1 Å². The van der Waals surface area contributed by atoms with E-state index in [1.807, 2.05) is 0 Å². The molecule has 2 heterocycles. The number of aromatic nitrogens is 2. The summed E-state index contributed by atoms with van der Waals surface area (Å²) in [5.41, 5.74) is 0.764. The summed E-state index contributed by atoms with van der Waals surface area (Å²) in [6.07, 6.45) is 0. The van der Waals surface area contributed by atoms with Gasteiger partial charge in [-0.05, 0) is 19.4 Å². The second-order valence-electron chi connectivity index (χ2n) is 4.33. The van der Waals surface area contributed by atoms with Crippen LogP contribution < -0.4 is 10.6 Å². The van der Waals surface area contributed by atoms with Crippen molar-refractivity contribution in [2.45, 2.75) is 27.3 Å². The van der Waals surface area contributed by atoms with Crippen LogP contribution in [0, 0.1) is 20.8 Å². The monoisotopic (exact) mass is 310 g/mol. The Morgan fingerprint density at radius 1 is 1.33 bits per heavy atom. The quantitative estimate of drug-likeness (QED) is 0.795. The topological polar surface area (TPSA) is 117 Å². The number of nitrogens with zero attached hydrogens (tertiary/aromatic N) is 2. The summed E-state index contributed by atoms with van der Waals surface area (Å²) in [6, 6.07) is -0.527. The number of aromatic carboxylic acids is 1. The molecule has 2 amide bonds. The third kappa shape index (κ3) is 3.37. The maximum Gasteiger partial charge on any atom is 0.338 e. The number of urea groups is 1. The van der Waals surface area contributed by atoms with Crippen LogP contribution in [-0.2, 0) is 6.54 Å². The molecule has 8 nitrogen and oxygen atoms in total. The van der Waals surface area contributed by atoms with E-state index in [9.17, 15) is 14.7 Å². The van der Waals surface area contributed by atoms with Crippen LogP contribution in [0.2, 0.25) is 0 Å². The number of aryl methyl sites for hydroxylation is 2. The van der Waals surface area contributed by atoms with Crippen molar-refractivity contribution in [3.05, 3.63) is 27.7 Å². The lowest BCUT2D eigenvalue weighted by Crippen LogP contribution is -2.28. The SMILES string of the molecule is Cc1nc(CNC(=O)Nc2sc(C)c(C)c2C(=O)O)no1. The number of carboxylic acids is 1. The summed E-state index contributed by atoms with van der Waals surface area (Å²) < 4.78 is 4.78. The van der Waals surface area contributed by atoms with Crippen molar-refractivity contribution >= 4 is 28.3 Å². The van der Waals surface area contributed by atoms with Crippen LogP contribution in [0.25, 0.3) is 0 Å². The molecule has 21 heavy (non-hydrogen) atoms. The van der Waals surface area contributed by atoms with E-state index in [4.69, 9.17) is 4.52 Å². The highest BCUT2D eigenvalue weighted by Crippen LogP contribution is 2.32. The van der Waals surface area contributed by atoms with Crippen LogP contribution in [0.15, 0.2) is 4.52 Å². The molecule has 0 bridgehead atoms. The number of hydrogen-bond donors (Lipinski definition) is 3. The molecule has 0 aliphatic rings. The van der Waals surface area contributed by atoms with Gasteiger partial charge in [0.05, 0.1) is 12.1 Å². The zero-order valence-electron chi connectivity index (χ0n) is 11.7. The highest BCUT2D eigenvalue weighted by atomic mass is 32.1. The van der Waals surface area contributed by atoms with Gasteiger partial charge in [0.15, 0.2) is 5.82 Å². The first-order valence-corrected chi connectivity index (χ1v) is 6.87. The van der Waals surface area contributed by atoms with Crippen LogP contribution in [0.1, 0.15) is 32.5 Å². The Morgan fingerprint density at radius 3 is 2.62 bits per heavy atom. The number of nitrogens with one attached hydrogen (secondary N) is 2. The van der Waals surface area contributed by atoms with Crippen molar-refractivity contribution < 1.29 is 19.2 Å². The Bertz CT molecular complexity index is 691. The molecule has 3 N–H and O–H groups in total. The molecule has 0 atom stereocenters. The number of carboxylic acid groups (broad SMARTS) is 1. The van der Waals surface area contributed by atoms with E-state index in [1.54, 1.807) is 20.8 Å². The molecule has 2 rings (SSSR count). The minimum absolute atomic E-state index is 0.0922. The van der Waals surface area contributed by atoms with Crippen molar-refractivity contribution in [3.8, 4) is 0 Å². The van der Waals surface area contributed by atoms with Crippen molar-refractivity contribution in [1.29, 1.82) is 0 Å². The van der Waals surface area contributed by atoms with Gasteiger partial charge in [-0.2, -0.15) is 4.98 Å². The predicted molar refractivity (Wildman–Crippen MR) is 75.6 cm³/mol. The molecule has 9 heteroatoms. The number of thiophene rings is 1. The molecule has 2 aromatic rings. The Balaban J connectivity index is 2.03. The second kappa shape index (κ2) is 5.92. The summed E-state index contributed by atoms with van der Waals surface area (Å²) in [6.45, 7) is 5.25.